The summed E-state index contributed by atoms with van der Waals surface area (Å²) in [6, 6.07) is 12.0. The zero-order chi connectivity index (χ0) is 13.9. The van der Waals surface area contributed by atoms with Crippen LogP contribution in [-0.2, 0) is 11.2 Å². The lowest BCUT2D eigenvalue weighted by atomic mass is 10.1. The van der Waals surface area contributed by atoms with Gasteiger partial charge in [0.25, 0.3) is 0 Å². The first-order valence-corrected chi connectivity index (χ1v) is 6.54. The van der Waals surface area contributed by atoms with Crippen LogP contribution >= 0.6 is 0 Å². The number of fused-ring (bicyclic) bond motifs is 1. The van der Waals surface area contributed by atoms with E-state index in [9.17, 15) is 4.79 Å². The standard InChI is InChI=1S/C15H15N3O2/c1-20-15(19)13-8-9-14(18-17-13)16-12-7-6-10-4-2-3-5-11(10)12/h2-5,8-9,12H,6-7H2,1H3,(H,16,18)/t12-/m1/s1. The lowest BCUT2D eigenvalue weighted by Gasteiger charge is -2.14. The molecule has 1 atom stereocenters. The Morgan fingerprint density at radius 2 is 2.10 bits per heavy atom. The van der Waals surface area contributed by atoms with Crippen LogP contribution < -0.4 is 5.32 Å². The number of benzene rings is 1. The summed E-state index contributed by atoms with van der Waals surface area (Å²) in [5.41, 5.74) is 2.90. The fraction of sp³-hybridized carbons (Fsp3) is 0.267. The first kappa shape index (κ1) is 12.6. The number of carbonyl (C=O) groups is 1. The van der Waals surface area contributed by atoms with E-state index in [0.29, 0.717) is 5.82 Å². The van der Waals surface area contributed by atoms with Crippen molar-refractivity contribution in [1.29, 1.82) is 0 Å². The Hall–Kier alpha value is -2.43. The topological polar surface area (TPSA) is 64.1 Å². The van der Waals surface area contributed by atoms with Crippen molar-refractivity contribution in [1.82, 2.24) is 10.2 Å². The van der Waals surface area contributed by atoms with Crippen LogP contribution in [0.4, 0.5) is 5.82 Å². The Balaban J connectivity index is 1.75. The SMILES string of the molecule is COC(=O)c1ccc(N[C@@H]2CCc3ccccc32)nn1. The molecular formula is C15H15N3O2. The number of rotatable bonds is 3. The zero-order valence-electron chi connectivity index (χ0n) is 11.2. The molecule has 0 unspecified atom stereocenters. The number of nitrogens with zero attached hydrogens (tertiary/aromatic N) is 2. The van der Waals surface area contributed by atoms with Gasteiger partial charge in [-0.2, -0.15) is 0 Å². The molecule has 1 N–H and O–H groups in total. The van der Waals surface area contributed by atoms with Gasteiger partial charge >= 0.3 is 5.97 Å². The first-order valence-electron chi connectivity index (χ1n) is 6.54. The van der Waals surface area contributed by atoms with E-state index >= 15 is 0 Å². The summed E-state index contributed by atoms with van der Waals surface area (Å²) in [5.74, 6) is 0.189. The molecule has 0 fully saturated rings. The van der Waals surface area contributed by atoms with Gasteiger partial charge < -0.3 is 10.1 Å². The molecule has 0 saturated carbocycles. The highest BCUT2D eigenvalue weighted by Gasteiger charge is 2.22. The van der Waals surface area contributed by atoms with Gasteiger partial charge in [-0.05, 0) is 36.1 Å². The largest absolute Gasteiger partial charge is 0.464 e. The van der Waals surface area contributed by atoms with Gasteiger partial charge in [-0.1, -0.05) is 24.3 Å². The molecule has 3 rings (SSSR count). The Bertz CT molecular complexity index is 625. The number of carbonyl (C=O) groups excluding carboxylic acids is 1. The van der Waals surface area contributed by atoms with E-state index < -0.39 is 5.97 Å². The normalized spacial score (nSPS) is 16.6. The minimum atomic E-state index is -0.477. The number of esters is 1. The van der Waals surface area contributed by atoms with Crippen molar-refractivity contribution < 1.29 is 9.53 Å². The third-order valence-corrected chi connectivity index (χ3v) is 3.51. The summed E-state index contributed by atoms with van der Waals surface area (Å²) in [6.07, 6.45) is 2.11. The van der Waals surface area contributed by atoms with Crippen LogP contribution in [0.25, 0.3) is 0 Å². The van der Waals surface area contributed by atoms with E-state index in [1.165, 1.54) is 18.2 Å². The highest BCUT2D eigenvalue weighted by atomic mass is 16.5. The van der Waals surface area contributed by atoms with Crippen molar-refractivity contribution >= 4 is 11.8 Å². The number of aromatic nitrogens is 2. The summed E-state index contributed by atoms with van der Waals surface area (Å²) < 4.78 is 4.59. The number of nitrogens with one attached hydrogen (secondary N) is 1. The molecule has 1 heterocycles. The molecule has 102 valence electrons. The van der Waals surface area contributed by atoms with E-state index in [0.717, 1.165) is 12.8 Å². The van der Waals surface area contributed by atoms with Crippen molar-refractivity contribution in [2.75, 3.05) is 12.4 Å². The summed E-state index contributed by atoms with van der Waals surface area (Å²) in [6.45, 7) is 0. The molecule has 1 aromatic heterocycles. The molecule has 0 aliphatic heterocycles. The van der Waals surface area contributed by atoms with E-state index in [1.807, 2.05) is 6.07 Å². The maximum absolute atomic E-state index is 11.3. The molecule has 0 saturated heterocycles. The fourth-order valence-electron chi connectivity index (χ4n) is 2.51. The minimum absolute atomic E-state index is 0.213. The van der Waals surface area contributed by atoms with Crippen LogP contribution in [0.2, 0.25) is 0 Å². The molecule has 1 aromatic carbocycles. The molecule has 0 radical (unpaired) electrons. The molecule has 0 spiro atoms. The quantitative estimate of drug-likeness (QED) is 0.867. The lowest BCUT2D eigenvalue weighted by Crippen LogP contribution is -2.11. The van der Waals surface area contributed by atoms with E-state index in [1.54, 1.807) is 12.1 Å². The lowest BCUT2D eigenvalue weighted by molar-refractivity contribution is 0.0593. The summed E-state index contributed by atoms with van der Waals surface area (Å²) in [5, 5.41) is 11.2. The number of hydrogen-bond donors (Lipinski definition) is 1. The van der Waals surface area contributed by atoms with Gasteiger partial charge in [0.1, 0.15) is 5.82 Å². The molecule has 2 aromatic rings. The zero-order valence-corrected chi connectivity index (χ0v) is 11.2. The fourth-order valence-corrected chi connectivity index (χ4v) is 2.51. The molecule has 20 heavy (non-hydrogen) atoms. The number of anilines is 1. The molecule has 1 aliphatic carbocycles. The van der Waals surface area contributed by atoms with Crippen LogP contribution in [0.3, 0.4) is 0 Å². The van der Waals surface area contributed by atoms with Gasteiger partial charge in [-0.15, -0.1) is 10.2 Å². The van der Waals surface area contributed by atoms with Gasteiger partial charge in [-0.3, -0.25) is 0 Å². The molecule has 0 amide bonds. The molecule has 5 nitrogen and oxygen atoms in total. The average molecular weight is 269 g/mol. The smallest absolute Gasteiger partial charge is 0.358 e. The highest BCUT2D eigenvalue weighted by molar-refractivity contribution is 5.86. The van der Waals surface area contributed by atoms with Crippen LogP contribution in [-0.4, -0.2) is 23.3 Å². The molecule has 5 heteroatoms. The van der Waals surface area contributed by atoms with Crippen LogP contribution in [0.15, 0.2) is 36.4 Å². The van der Waals surface area contributed by atoms with Gasteiger partial charge in [0.05, 0.1) is 13.2 Å². The number of methoxy groups -OCH3 is 1. The monoisotopic (exact) mass is 269 g/mol. The molecule has 1 aliphatic rings. The Morgan fingerprint density at radius 1 is 1.25 bits per heavy atom. The maximum Gasteiger partial charge on any atom is 0.358 e. The Labute approximate surface area is 117 Å². The second kappa shape index (κ2) is 5.28. The van der Waals surface area contributed by atoms with Crippen LogP contribution in [0.5, 0.6) is 0 Å². The highest BCUT2D eigenvalue weighted by Crippen LogP contribution is 2.32. The van der Waals surface area contributed by atoms with E-state index in [2.05, 4.69) is 38.5 Å². The van der Waals surface area contributed by atoms with Gasteiger partial charge in [0.2, 0.25) is 0 Å². The van der Waals surface area contributed by atoms with Gasteiger partial charge in [0, 0.05) is 0 Å². The molecular weight excluding hydrogens is 254 g/mol. The second-order valence-corrected chi connectivity index (χ2v) is 4.73. The first-order chi connectivity index (χ1) is 9.78. The second-order valence-electron chi connectivity index (χ2n) is 4.73. The van der Waals surface area contributed by atoms with Crippen molar-refractivity contribution in [3.8, 4) is 0 Å². The number of ether oxygens (including phenoxy) is 1. The average Bonchev–Trinajstić information content (AvgIpc) is 2.91. The third kappa shape index (κ3) is 2.34. The molecule has 0 bridgehead atoms. The summed E-state index contributed by atoms with van der Waals surface area (Å²) in [7, 11) is 1.33. The predicted octanol–water partition coefficient (Wildman–Crippen LogP) is 2.36. The third-order valence-electron chi connectivity index (χ3n) is 3.51. The Kier molecular flexibility index (Phi) is 3.33. The van der Waals surface area contributed by atoms with Crippen molar-refractivity contribution in [2.45, 2.75) is 18.9 Å². The Morgan fingerprint density at radius 3 is 2.85 bits per heavy atom. The predicted molar refractivity (Wildman–Crippen MR) is 74.5 cm³/mol. The van der Waals surface area contributed by atoms with Crippen molar-refractivity contribution in [2.24, 2.45) is 0 Å². The summed E-state index contributed by atoms with van der Waals surface area (Å²) >= 11 is 0. The maximum atomic E-state index is 11.3. The van der Waals surface area contributed by atoms with E-state index in [-0.39, 0.29) is 11.7 Å². The van der Waals surface area contributed by atoms with E-state index in [4.69, 9.17) is 0 Å². The minimum Gasteiger partial charge on any atom is -0.464 e. The number of aryl methyl sites for hydroxylation is 1. The van der Waals surface area contributed by atoms with Gasteiger partial charge in [0.15, 0.2) is 5.69 Å². The van der Waals surface area contributed by atoms with Crippen LogP contribution in [0, 0.1) is 0 Å². The van der Waals surface area contributed by atoms with Crippen LogP contribution in [0.1, 0.15) is 34.1 Å². The van der Waals surface area contributed by atoms with Crippen molar-refractivity contribution in [3.05, 3.63) is 53.2 Å². The van der Waals surface area contributed by atoms with Crippen molar-refractivity contribution in [3.63, 3.8) is 0 Å². The van der Waals surface area contributed by atoms with Gasteiger partial charge in [-0.25, -0.2) is 4.79 Å². The summed E-state index contributed by atoms with van der Waals surface area (Å²) in [4.78, 5) is 11.3. The number of hydrogen-bond acceptors (Lipinski definition) is 5.